The number of aromatic nitrogens is 1. The summed E-state index contributed by atoms with van der Waals surface area (Å²) in [6.07, 6.45) is 5.24. The molecule has 0 atom stereocenters. The Balaban J connectivity index is 1.46. The van der Waals surface area contributed by atoms with Gasteiger partial charge in [0.2, 0.25) is 5.91 Å². The second kappa shape index (κ2) is 8.91. The number of anilines is 2. The predicted molar refractivity (Wildman–Crippen MR) is 127 cm³/mol. The number of nitrogens with one attached hydrogen (secondary N) is 2. The van der Waals surface area contributed by atoms with Gasteiger partial charge in [-0.15, -0.1) is 11.3 Å². The molecule has 0 spiro atoms. The zero-order valence-corrected chi connectivity index (χ0v) is 19.7. The van der Waals surface area contributed by atoms with Crippen LogP contribution in [-0.2, 0) is 14.8 Å². The summed E-state index contributed by atoms with van der Waals surface area (Å²) < 4.78 is 33.7. The van der Waals surface area contributed by atoms with Gasteiger partial charge in [0.05, 0.1) is 0 Å². The zero-order chi connectivity index (χ0) is 22.9. The Bertz CT molecular complexity index is 1250. The van der Waals surface area contributed by atoms with E-state index in [1.165, 1.54) is 0 Å². The van der Waals surface area contributed by atoms with Crippen LogP contribution in [0.15, 0.2) is 45.1 Å². The Kier molecular flexibility index (Phi) is 6.21. The average Bonchev–Trinajstić information content (AvgIpc) is 3.40. The van der Waals surface area contributed by atoms with Crippen molar-refractivity contribution in [1.29, 1.82) is 0 Å². The minimum Gasteiger partial charge on any atom is -0.354 e. The molecule has 1 amide bonds. The highest BCUT2D eigenvalue weighted by atomic mass is 32.2. The van der Waals surface area contributed by atoms with Crippen molar-refractivity contribution in [1.82, 2.24) is 5.16 Å². The van der Waals surface area contributed by atoms with Crippen molar-refractivity contribution in [3.63, 3.8) is 0 Å². The minimum absolute atomic E-state index is 0.0250. The van der Waals surface area contributed by atoms with E-state index in [4.69, 9.17) is 4.52 Å². The molecule has 1 aliphatic carbocycles. The maximum Gasteiger partial charge on any atom is 0.271 e. The van der Waals surface area contributed by atoms with Crippen LogP contribution in [0.2, 0.25) is 0 Å². The second-order valence-corrected chi connectivity index (χ2v) is 11.2. The number of sulfonamides is 1. The van der Waals surface area contributed by atoms with Crippen LogP contribution in [0.1, 0.15) is 54.5 Å². The van der Waals surface area contributed by atoms with Gasteiger partial charge in [0.15, 0.2) is 5.76 Å². The molecule has 32 heavy (non-hydrogen) atoms. The Morgan fingerprint density at radius 2 is 1.88 bits per heavy atom. The third kappa shape index (κ3) is 5.11. The third-order valence-electron chi connectivity index (χ3n) is 5.18. The molecule has 0 saturated heterocycles. The standard InChI is InChI=1S/C23H25N3O4S2/c1-14(2)16-6-8-18(9-7-16)26-32(28,29)21-13-11-19(31-21)10-12-20-22(15(3)25-30-20)24-23(27)17-4-5-17/h6-14,17,26H,4-5H2,1-3H3,(H,24,27)/b12-10+. The molecule has 3 aromatic rings. The fourth-order valence-electron chi connectivity index (χ4n) is 3.09. The number of amides is 1. The van der Waals surface area contributed by atoms with Crippen LogP contribution in [-0.4, -0.2) is 19.5 Å². The molecule has 1 aromatic carbocycles. The van der Waals surface area contributed by atoms with Crippen LogP contribution in [0, 0.1) is 12.8 Å². The molecule has 4 rings (SSSR count). The van der Waals surface area contributed by atoms with Crippen molar-refractivity contribution in [2.24, 2.45) is 5.92 Å². The van der Waals surface area contributed by atoms with E-state index in [0.29, 0.717) is 28.7 Å². The first kappa shape index (κ1) is 22.3. The second-order valence-electron chi connectivity index (χ2n) is 8.14. The lowest BCUT2D eigenvalue weighted by Crippen LogP contribution is -2.14. The average molecular weight is 472 g/mol. The summed E-state index contributed by atoms with van der Waals surface area (Å²) in [6.45, 7) is 5.94. The highest BCUT2D eigenvalue weighted by Gasteiger charge is 2.30. The number of hydrogen-bond acceptors (Lipinski definition) is 6. The highest BCUT2D eigenvalue weighted by molar-refractivity contribution is 7.94. The summed E-state index contributed by atoms with van der Waals surface area (Å²) in [6, 6.07) is 10.7. The largest absolute Gasteiger partial charge is 0.354 e. The van der Waals surface area contributed by atoms with Gasteiger partial charge in [-0.1, -0.05) is 31.1 Å². The first-order valence-electron chi connectivity index (χ1n) is 10.4. The molecule has 168 valence electrons. The van der Waals surface area contributed by atoms with Crippen LogP contribution in [0.5, 0.6) is 0 Å². The lowest BCUT2D eigenvalue weighted by Gasteiger charge is -2.09. The Morgan fingerprint density at radius 3 is 2.53 bits per heavy atom. The SMILES string of the molecule is Cc1noc(/C=C/c2ccc(S(=O)(=O)Nc3ccc(C(C)C)cc3)s2)c1NC(=O)C1CC1. The van der Waals surface area contributed by atoms with Gasteiger partial charge < -0.3 is 9.84 Å². The topological polar surface area (TPSA) is 101 Å². The van der Waals surface area contributed by atoms with Crippen molar-refractivity contribution in [2.75, 3.05) is 10.0 Å². The van der Waals surface area contributed by atoms with Crippen LogP contribution in [0.25, 0.3) is 12.2 Å². The molecule has 1 fully saturated rings. The van der Waals surface area contributed by atoms with Gasteiger partial charge in [-0.2, -0.15) is 0 Å². The number of carbonyl (C=O) groups excluding carboxylic acids is 1. The maximum atomic E-state index is 12.8. The van der Waals surface area contributed by atoms with E-state index >= 15 is 0 Å². The molecule has 1 saturated carbocycles. The zero-order valence-electron chi connectivity index (χ0n) is 18.1. The Labute approximate surface area is 191 Å². The summed E-state index contributed by atoms with van der Waals surface area (Å²) in [5.74, 6) is 0.851. The van der Waals surface area contributed by atoms with Gasteiger partial charge in [-0.3, -0.25) is 9.52 Å². The normalized spacial score (nSPS) is 14.2. The number of benzene rings is 1. The van der Waals surface area contributed by atoms with E-state index in [9.17, 15) is 13.2 Å². The summed E-state index contributed by atoms with van der Waals surface area (Å²) in [5.41, 5.74) is 2.81. The number of thiophene rings is 1. The summed E-state index contributed by atoms with van der Waals surface area (Å²) >= 11 is 1.14. The summed E-state index contributed by atoms with van der Waals surface area (Å²) in [7, 11) is -3.69. The van der Waals surface area contributed by atoms with Gasteiger partial charge >= 0.3 is 0 Å². The minimum atomic E-state index is -3.69. The summed E-state index contributed by atoms with van der Waals surface area (Å²) in [5, 5.41) is 6.80. The number of hydrogen-bond donors (Lipinski definition) is 2. The van der Waals surface area contributed by atoms with E-state index in [1.54, 1.807) is 43.3 Å². The smallest absolute Gasteiger partial charge is 0.271 e. The molecule has 2 N–H and O–H groups in total. The molecule has 0 bridgehead atoms. The van der Waals surface area contributed by atoms with Crippen molar-refractivity contribution in [3.05, 3.63) is 58.3 Å². The quantitative estimate of drug-likeness (QED) is 0.452. The fourth-order valence-corrected chi connectivity index (χ4v) is 5.38. The van der Waals surface area contributed by atoms with Gasteiger partial charge in [0.1, 0.15) is 15.6 Å². The third-order valence-corrected chi connectivity index (χ3v) is 8.10. The number of aryl methyl sites for hydroxylation is 1. The van der Waals surface area contributed by atoms with Gasteiger partial charge in [-0.05, 0) is 67.7 Å². The lowest BCUT2D eigenvalue weighted by atomic mass is 10.0. The molecule has 0 radical (unpaired) electrons. The first-order valence-corrected chi connectivity index (χ1v) is 12.7. The van der Waals surface area contributed by atoms with Crippen LogP contribution < -0.4 is 10.0 Å². The van der Waals surface area contributed by atoms with E-state index in [0.717, 1.165) is 34.6 Å². The number of rotatable bonds is 8. The van der Waals surface area contributed by atoms with Crippen LogP contribution in [0.4, 0.5) is 11.4 Å². The molecular formula is C23H25N3O4S2. The number of nitrogens with zero attached hydrogens (tertiary/aromatic N) is 1. The highest BCUT2D eigenvalue weighted by Crippen LogP contribution is 2.32. The molecule has 2 heterocycles. The Hall–Kier alpha value is -2.91. The number of carbonyl (C=O) groups is 1. The first-order chi connectivity index (χ1) is 15.2. The molecule has 0 aliphatic heterocycles. The summed E-state index contributed by atoms with van der Waals surface area (Å²) in [4.78, 5) is 12.8. The molecule has 2 aromatic heterocycles. The van der Waals surface area contributed by atoms with Crippen molar-refractivity contribution >= 4 is 50.8 Å². The fraction of sp³-hybridized carbons (Fsp3) is 0.304. The van der Waals surface area contributed by atoms with Crippen LogP contribution >= 0.6 is 11.3 Å². The molecule has 1 aliphatic rings. The van der Waals surface area contributed by atoms with E-state index in [-0.39, 0.29) is 16.0 Å². The van der Waals surface area contributed by atoms with Gasteiger partial charge in [0.25, 0.3) is 10.0 Å². The predicted octanol–water partition coefficient (Wildman–Crippen LogP) is 5.49. The van der Waals surface area contributed by atoms with E-state index in [1.807, 2.05) is 12.1 Å². The van der Waals surface area contributed by atoms with E-state index in [2.05, 4.69) is 29.0 Å². The molecule has 0 unspecified atom stereocenters. The van der Waals surface area contributed by atoms with Crippen molar-refractivity contribution in [2.45, 2.75) is 43.7 Å². The molecule has 9 heteroatoms. The Morgan fingerprint density at radius 1 is 1.16 bits per heavy atom. The van der Waals surface area contributed by atoms with Gasteiger partial charge in [-0.25, -0.2) is 8.42 Å². The monoisotopic (exact) mass is 471 g/mol. The molecular weight excluding hydrogens is 446 g/mol. The lowest BCUT2D eigenvalue weighted by molar-refractivity contribution is -0.117. The maximum absolute atomic E-state index is 12.8. The molecule has 7 nitrogen and oxygen atoms in total. The van der Waals surface area contributed by atoms with Crippen LogP contribution in [0.3, 0.4) is 0 Å². The van der Waals surface area contributed by atoms with Gasteiger partial charge in [0, 0.05) is 16.5 Å². The van der Waals surface area contributed by atoms with E-state index < -0.39 is 10.0 Å². The van der Waals surface area contributed by atoms with Crippen molar-refractivity contribution in [3.8, 4) is 0 Å². The van der Waals surface area contributed by atoms with Crippen molar-refractivity contribution < 1.29 is 17.7 Å².